The van der Waals surface area contributed by atoms with Crippen molar-refractivity contribution in [2.24, 2.45) is 0 Å². The SMILES string of the molecule is [c]1ccc2oc(-c3ccc4cc[nH]c4c3)cc2c1. The number of fused-ring (bicyclic) bond motifs is 2. The van der Waals surface area contributed by atoms with Gasteiger partial charge in [0.2, 0.25) is 0 Å². The first-order valence-corrected chi connectivity index (χ1v) is 5.87. The van der Waals surface area contributed by atoms with Crippen molar-refractivity contribution in [1.29, 1.82) is 0 Å². The van der Waals surface area contributed by atoms with Crippen LogP contribution < -0.4 is 0 Å². The van der Waals surface area contributed by atoms with E-state index in [1.54, 1.807) is 0 Å². The van der Waals surface area contributed by atoms with Crippen LogP contribution in [-0.2, 0) is 0 Å². The summed E-state index contributed by atoms with van der Waals surface area (Å²) in [6, 6.07) is 19.2. The lowest BCUT2D eigenvalue weighted by atomic mass is 10.1. The second kappa shape index (κ2) is 3.50. The Labute approximate surface area is 104 Å². The third-order valence-corrected chi connectivity index (χ3v) is 3.20. The molecule has 0 bridgehead atoms. The minimum absolute atomic E-state index is 0.890. The molecule has 2 heteroatoms. The molecule has 1 N–H and O–H groups in total. The van der Waals surface area contributed by atoms with Gasteiger partial charge in [-0.15, -0.1) is 0 Å². The lowest BCUT2D eigenvalue weighted by molar-refractivity contribution is 0.631. The van der Waals surface area contributed by atoms with E-state index in [0.29, 0.717) is 0 Å². The van der Waals surface area contributed by atoms with Crippen LogP contribution in [0, 0.1) is 6.07 Å². The van der Waals surface area contributed by atoms with Gasteiger partial charge in [0, 0.05) is 22.7 Å². The molecule has 1 radical (unpaired) electrons. The fraction of sp³-hybridized carbons (Fsp3) is 0. The number of H-pyrrole nitrogens is 1. The van der Waals surface area contributed by atoms with E-state index < -0.39 is 0 Å². The predicted octanol–water partition coefficient (Wildman–Crippen LogP) is 4.38. The third kappa shape index (κ3) is 1.36. The molecular weight excluding hydrogens is 222 g/mol. The van der Waals surface area contributed by atoms with Crippen LogP contribution in [0.4, 0.5) is 0 Å². The van der Waals surface area contributed by atoms with E-state index in [-0.39, 0.29) is 0 Å². The molecule has 4 rings (SSSR count). The molecule has 0 spiro atoms. The minimum atomic E-state index is 0.890. The fourth-order valence-electron chi connectivity index (χ4n) is 2.27. The van der Waals surface area contributed by atoms with Crippen LogP contribution in [0.15, 0.2) is 59.1 Å². The van der Waals surface area contributed by atoms with E-state index in [4.69, 9.17) is 4.42 Å². The Balaban J connectivity index is 1.94. The lowest BCUT2D eigenvalue weighted by Crippen LogP contribution is -1.73. The summed E-state index contributed by atoms with van der Waals surface area (Å²) in [4.78, 5) is 3.22. The van der Waals surface area contributed by atoms with Crippen molar-refractivity contribution in [3.8, 4) is 11.3 Å². The van der Waals surface area contributed by atoms with E-state index >= 15 is 0 Å². The van der Waals surface area contributed by atoms with Gasteiger partial charge in [0.25, 0.3) is 0 Å². The highest BCUT2D eigenvalue weighted by atomic mass is 16.3. The van der Waals surface area contributed by atoms with E-state index in [1.165, 1.54) is 5.39 Å². The highest BCUT2D eigenvalue weighted by Gasteiger charge is 2.06. The summed E-state index contributed by atoms with van der Waals surface area (Å²) in [7, 11) is 0. The van der Waals surface area contributed by atoms with Crippen LogP contribution in [0.5, 0.6) is 0 Å². The van der Waals surface area contributed by atoms with Crippen LogP contribution in [0.3, 0.4) is 0 Å². The molecule has 2 aromatic heterocycles. The fourth-order valence-corrected chi connectivity index (χ4v) is 2.27. The maximum atomic E-state index is 5.85. The molecule has 0 fully saturated rings. The van der Waals surface area contributed by atoms with Gasteiger partial charge in [0.05, 0.1) is 0 Å². The molecule has 85 valence electrons. The summed E-state index contributed by atoms with van der Waals surface area (Å²) in [6.45, 7) is 0. The summed E-state index contributed by atoms with van der Waals surface area (Å²) in [5.74, 6) is 0.890. The second-order valence-corrected chi connectivity index (χ2v) is 4.35. The molecule has 2 aromatic carbocycles. The standard InChI is InChI=1S/C16H10NO/c1-2-4-15-12(3-1)10-16(18-15)13-6-5-11-7-8-17-14(11)9-13/h2-10,17H. The minimum Gasteiger partial charge on any atom is -0.456 e. The molecule has 4 aromatic rings. The molecule has 0 aliphatic rings. The quantitative estimate of drug-likeness (QED) is 0.518. The molecule has 0 amide bonds. The number of hydrogen-bond donors (Lipinski definition) is 1. The van der Waals surface area contributed by atoms with Crippen molar-refractivity contribution >= 4 is 21.9 Å². The predicted molar refractivity (Wildman–Crippen MR) is 72.3 cm³/mol. The Morgan fingerprint density at radius 2 is 2.00 bits per heavy atom. The molecule has 0 aliphatic heterocycles. The maximum Gasteiger partial charge on any atom is 0.135 e. The maximum absolute atomic E-state index is 5.85. The summed E-state index contributed by atoms with van der Waals surface area (Å²) in [6.07, 6.45) is 1.95. The summed E-state index contributed by atoms with van der Waals surface area (Å²) in [5, 5.41) is 2.29. The Morgan fingerprint density at radius 1 is 1.00 bits per heavy atom. The Kier molecular flexibility index (Phi) is 1.86. The van der Waals surface area contributed by atoms with Crippen LogP contribution >= 0.6 is 0 Å². The van der Waals surface area contributed by atoms with E-state index in [0.717, 1.165) is 27.8 Å². The van der Waals surface area contributed by atoms with Gasteiger partial charge in [0.1, 0.15) is 11.3 Å². The Hall–Kier alpha value is -2.48. The first kappa shape index (κ1) is 9.54. The molecular formula is C16H10NO. The molecule has 0 unspecified atom stereocenters. The first-order valence-electron chi connectivity index (χ1n) is 5.87. The van der Waals surface area contributed by atoms with Crippen LogP contribution in [0.2, 0.25) is 0 Å². The highest BCUT2D eigenvalue weighted by molar-refractivity contribution is 5.87. The van der Waals surface area contributed by atoms with Gasteiger partial charge >= 0.3 is 0 Å². The number of aromatic amines is 1. The molecule has 0 aliphatic carbocycles. The van der Waals surface area contributed by atoms with E-state index in [9.17, 15) is 0 Å². The average molecular weight is 232 g/mol. The smallest absolute Gasteiger partial charge is 0.135 e. The van der Waals surface area contributed by atoms with Crippen molar-refractivity contribution in [1.82, 2.24) is 4.98 Å². The van der Waals surface area contributed by atoms with Gasteiger partial charge in [-0.25, -0.2) is 0 Å². The molecule has 2 nitrogen and oxygen atoms in total. The topological polar surface area (TPSA) is 28.9 Å². The van der Waals surface area contributed by atoms with Crippen molar-refractivity contribution < 1.29 is 4.42 Å². The van der Waals surface area contributed by atoms with Gasteiger partial charge in [0.15, 0.2) is 0 Å². The monoisotopic (exact) mass is 232 g/mol. The van der Waals surface area contributed by atoms with Gasteiger partial charge in [-0.3, -0.25) is 0 Å². The molecule has 0 atom stereocenters. The zero-order valence-corrected chi connectivity index (χ0v) is 9.60. The van der Waals surface area contributed by atoms with E-state index in [1.807, 2.05) is 24.4 Å². The van der Waals surface area contributed by atoms with Gasteiger partial charge in [-0.2, -0.15) is 0 Å². The lowest BCUT2D eigenvalue weighted by Gasteiger charge is -1.96. The molecule has 0 saturated heterocycles. The van der Waals surface area contributed by atoms with Crippen LogP contribution in [0.25, 0.3) is 33.2 Å². The number of furan rings is 1. The number of hydrogen-bond acceptors (Lipinski definition) is 1. The van der Waals surface area contributed by atoms with Crippen LogP contribution in [0.1, 0.15) is 0 Å². The Morgan fingerprint density at radius 3 is 2.94 bits per heavy atom. The molecule has 2 heterocycles. The number of rotatable bonds is 1. The number of nitrogens with one attached hydrogen (secondary N) is 1. The summed E-state index contributed by atoms with van der Waals surface area (Å²) in [5.41, 5.74) is 3.11. The van der Waals surface area contributed by atoms with E-state index in [2.05, 4.69) is 41.4 Å². The highest BCUT2D eigenvalue weighted by Crippen LogP contribution is 2.29. The largest absolute Gasteiger partial charge is 0.456 e. The van der Waals surface area contributed by atoms with Crippen molar-refractivity contribution in [3.63, 3.8) is 0 Å². The second-order valence-electron chi connectivity index (χ2n) is 4.35. The zero-order valence-electron chi connectivity index (χ0n) is 9.60. The molecule has 18 heavy (non-hydrogen) atoms. The normalized spacial score (nSPS) is 11.3. The first-order chi connectivity index (χ1) is 8.90. The zero-order chi connectivity index (χ0) is 11.9. The van der Waals surface area contributed by atoms with Crippen molar-refractivity contribution in [2.75, 3.05) is 0 Å². The summed E-state index contributed by atoms with van der Waals surface area (Å²) < 4.78 is 5.85. The van der Waals surface area contributed by atoms with Crippen molar-refractivity contribution in [3.05, 3.63) is 60.8 Å². The average Bonchev–Trinajstić information content (AvgIpc) is 3.04. The third-order valence-electron chi connectivity index (χ3n) is 3.20. The van der Waals surface area contributed by atoms with Crippen molar-refractivity contribution in [2.45, 2.75) is 0 Å². The van der Waals surface area contributed by atoms with Gasteiger partial charge in [-0.1, -0.05) is 18.2 Å². The Bertz CT molecular complexity index is 805. The van der Waals surface area contributed by atoms with Gasteiger partial charge in [-0.05, 0) is 41.8 Å². The van der Waals surface area contributed by atoms with Crippen LogP contribution in [-0.4, -0.2) is 4.98 Å². The summed E-state index contributed by atoms with van der Waals surface area (Å²) >= 11 is 0. The number of benzene rings is 2. The number of aromatic nitrogens is 1. The van der Waals surface area contributed by atoms with Gasteiger partial charge < -0.3 is 9.40 Å². The molecule has 0 saturated carbocycles.